The molecule has 0 radical (unpaired) electrons. The highest BCUT2D eigenvalue weighted by molar-refractivity contribution is 5.75. The van der Waals surface area contributed by atoms with Gasteiger partial charge in [-0.15, -0.1) is 0 Å². The van der Waals surface area contributed by atoms with Gasteiger partial charge in [0.25, 0.3) is 0 Å². The van der Waals surface area contributed by atoms with E-state index < -0.39 is 0 Å². The van der Waals surface area contributed by atoms with Crippen LogP contribution in [-0.2, 0) is 7.05 Å². The average molecular weight is 261 g/mol. The van der Waals surface area contributed by atoms with Gasteiger partial charge in [-0.05, 0) is 31.9 Å². The summed E-state index contributed by atoms with van der Waals surface area (Å²) < 4.78 is 2.13. The fraction of sp³-hybridized carbons (Fsp3) is 0.533. The SMILES string of the molecule is CC(NC(C)C(C)CO)c1nc2ccccc2n1C. The third-order valence-electron chi connectivity index (χ3n) is 3.86. The van der Waals surface area contributed by atoms with E-state index in [1.54, 1.807) is 0 Å². The molecule has 19 heavy (non-hydrogen) atoms. The van der Waals surface area contributed by atoms with E-state index >= 15 is 0 Å². The molecule has 2 rings (SSSR count). The zero-order valence-electron chi connectivity index (χ0n) is 12.1. The first kappa shape index (κ1) is 14.0. The number of fused-ring (bicyclic) bond motifs is 1. The lowest BCUT2D eigenvalue weighted by molar-refractivity contribution is 0.201. The van der Waals surface area contributed by atoms with E-state index in [1.807, 2.05) is 32.2 Å². The minimum atomic E-state index is 0.154. The molecule has 3 atom stereocenters. The molecule has 0 aliphatic heterocycles. The van der Waals surface area contributed by atoms with Crippen LogP contribution in [0.3, 0.4) is 0 Å². The van der Waals surface area contributed by atoms with Gasteiger partial charge in [0.1, 0.15) is 5.82 Å². The summed E-state index contributed by atoms with van der Waals surface area (Å²) in [6.07, 6.45) is 0. The maximum absolute atomic E-state index is 9.20. The number of aliphatic hydroxyl groups is 1. The Kier molecular flexibility index (Phi) is 4.22. The van der Waals surface area contributed by atoms with Crippen LogP contribution >= 0.6 is 0 Å². The highest BCUT2D eigenvalue weighted by atomic mass is 16.3. The van der Waals surface area contributed by atoms with Gasteiger partial charge in [-0.25, -0.2) is 4.98 Å². The van der Waals surface area contributed by atoms with Gasteiger partial charge in [0.15, 0.2) is 0 Å². The predicted octanol–water partition coefficient (Wildman–Crippen LogP) is 2.24. The average Bonchev–Trinajstić information content (AvgIpc) is 2.75. The number of imidazole rings is 1. The molecule has 0 saturated heterocycles. The second-order valence-electron chi connectivity index (χ2n) is 5.35. The maximum atomic E-state index is 9.20. The highest BCUT2D eigenvalue weighted by Gasteiger charge is 2.18. The van der Waals surface area contributed by atoms with Gasteiger partial charge in [-0.1, -0.05) is 19.1 Å². The summed E-state index contributed by atoms with van der Waals surface area (Å²) in [6.45, 7) is 6.45. The molecule has 4 nitrogen and oxygen atoms in total. The lowest BCUT2D eigenvalue weighted by Gasteiger charge is -2.23. The fourth-order valence-electron chi connectivity index (χ4n) is 2.34. The first-order valence-electron chi connectivity index (χ1n) is 6.82. The molecule has 2 N–H and O–H groups in total. The molecule has 0 fully saturated rings. The number of rotatable bonds is 5. The Bertz CT molecular complexity index is 549. The molecule has 0 amide bonds. The van der Waals surface area contributed by atoms with Crippen LogP contribution in [0.5, 0.6) is 0 Å². The standard InChI is InChI=1S/C15H23N3O/c1-10(9-19)11(2)16-12(3)15-17-13-7-5-6-8-14(13)18(15)4/h5-8,10-12,16,19H,9H2,1-4H3. The molecule has 0 spiro atoms. The molecule has 4 heteroatoms. The monoisotopic (exact) mass is 261 g/mol. The van der Waals surface area contributed by atoms with Crippen LogP contribution in [0.25, 0.3) is 11.0 Å². The van der Waals surface area contributed by atoms with Gasteiger partial charge in [-0.3, -0.25) is 0 Å². The van der Waals surface area contributed by atoms with Gasteiger partial charge >= 0.3 is 0 Å². The third-order valence-corrected chi connectivity index (χ3v) is 3.86. The second-order valence-corrected chi connectivity index (χ2v) is 5.35. The maximum Gasteiger partial charge on any atom is 0.126 e. The van der Waals surface area contributed by atoms with Crippen LogP contribution in [0.1, 0.15) is 32.6 Å². The Morgan fingerprint density at radius 2 is 1.95 bits per heavy atom. The first-order valence-corrected chi connectivity index (χ1v) is 6.82. The van der Waals surface area contributed by atoms with Crippen molar-refractivity contribution in [3.05, 3.63) is 30.1 Å². The number of aliphatic hydroxyl groups excluding tert-OH is 1. The van der Waals surface area contributed by atoms with Crippen molar-refractivity contribution in [2.24, 2.45) is 13.0 Å². The van der Waals surface area contributed by atoms with E-state index in [-0.39, 0.29) is 24.6 Å². The van der Waals surface area contributed by atoms with E-state index in [9.17, 15) is 5.11 Å². The van der Waals surface area contributed by atoms with Gasteiger partial charge in [-0.2, -0.15) is 0 Å². The molecule has 0 aliphatic carbocycles. The zero-order chi connectivity index (χ0) is 14.0. The second kappa shape index (κ2) is 5.72. The Hall–Kier alpha value is -1.39. The van der Waals surface area contributed by atoms with Crippen LogP contribution in [0, 0.1) is 5.92 Å². The Morgan fingerprint density at radius 3 is 2.58 bits per heavy atom. The van der Waals surface area contributed by atoms with Crippen molar-refractivity contribution in [1.29, 1.82) is 0 Å². The third kappa shape index (κ3) is 2.80. The minimum Gasteiger partial charge on any atom is -0.396 e. The molecule has 104 valence electrons. The van der Waals surface area contributed by atoms with Gasteiger partial charge in [0, 0.05) is 19.7 Å². The fourth-order valence-corrected chi connectivity index (χ4v) is 2.34. The van der Waals surface area contributed by atoms with Crippen molar-refractivity contribution < 1.29 is 5.11 Å². The van der Waals surface area contributed by atoms with Crippen molar-refractivity contribution in [2.75, 3.05) is 6.61 Å². The van der Waals surface area contributed by atoms with E-state index in [0.29, 0.717) is 0 Å². The first-order chi connectivity index (χ1) is 9.04. The van der Waals surface area contributed by atoms with Crippen molar-refractivity contribution in [1.82, 2.24) is 14.9 Å². The molecule has 2 aromatic rings. The van der Waals surface area contributed by atoms with E-state index in [2.05, 4.69) is 34.8 Å². The van der Waals surface area contributed by atoms with Gasteiger partial charge in [0.05, 0.1) is 17.1 Å². The smallest absolute Gasteiger partial charge is 0.126 e. The molecule has 1 heterocycles. The van der Waals surface area contributed by atoms with Crippen LogP contribution in [0.2, 0.25) is 0 Å². The van der Waals surface area contributed by atoms with Gasteiger partial charge in [0.2, 0.25) is 0 Å². The summed E-state index contributed by atoms with van der Waals surface area (Å²) in [5, 5.41) is 12.7. The number of nitrogens with zero attached hydrogens (tertiary/aromatic N) is 2. The number of hydrogen-bond donors (Lipinski definition) is 2. The lowest BCUT2D eigenvalue weighted by Crippen LogP contribution is -2.36. The van der Waals surface area contributed by atoms with Crippen molar-refractivity contribution >= 4 is 11.0 Å². The predicted molar refractivity (Wildman–Crippen MR) is 78.0 cm³/mol. The summed E-state index contributed by atoms with van der Waals surface area (Å²) >= 11 is 0. The van der Waals surface area contributed by atoms with Gasteiger partial charge < -0.3 is 15.0 Å². The zero-order valence-corrected chi connectivity index (χ0v) is 12.1. The molecule has 1 aromatic carbocycles. The number of aryl methyl sites for hydroxylation is 1. The van der Waals surface area contributed by atoms with E-state index in [1.165, 1.54) is 0 Å². The van der Waals surface area contributed by atoms with Crippen molar-refractivity contribution in [3.63, 3.8) is 0 Å². The van der Waals surface area contributed by atoms with Crippen molar-refractivity contribution in [2.45, 2.75) is 32.9 Å². The quantitative estimate of drug-likeness (QED) is 0.868. The summed E-state index contributed by atoms with van der Waals surface area (Å²) in [5.74, 6) is 1.26. The Labute approximate surface area is 114 Å². The van der Waals surface area contributed by atoms with Crippen molar-refractivity contribution in [3.8, 4) is 0 Å². The van der Waals surface area contributed by atoms with E-state index in [4.69, 9.17) is 0 Å². The Balaban J connectivity index is 2.22. The largest absolute Gasteiger partial charge is 0.396 e. The van der Waals surface area contributed by atoms with Crippen LogP contribution in [0.15, 0.2) is 24.3 Å². The molecule has 0 bridgehead atoms. The summed E-state index contributed by atoms with van der Waals surface area (Å²) in [7, 11) is 2.04. The molecule has 0 saturated carbocycles. The van der Waals surface area contributed by atoms with E-state index in [0.717, 1.165) is 16.9 Å². The number of nitrogens with one attached hydrogen (secondary N) is 1. The van der Waals surface area contributed by atoms with Crippen LogP contribution in [0.4, 0.5) is 0 Å². The summed E-state index contributed by atoms with van der Waals surface area (Å²) in [5.41, 5.74) is 2.17. The molecule has 3 unspecified atom stereocenters. The molecular weight excluding hydrogens is 238 g/mol. The normalized spacial score (nSPS) is 16.5. The Morgan fingerprint density at radius 1 is 1.26 bits per heavy atom. The lowest BCUT2D eigenvalue weighted by atomic mass is 10.0. The van der Waals surface area contributed by atoms with Crippen LogP contribution < -0.4 is 5.32 Å². The minimum absolute atomic E-state index is 0.154. The molecule has 1 aromatic heterocycles. The molecule has 0 aliphatic rings. The topological polar surface area (TPSA) is 50.1 Å². The number of aromatic nitrogens is 2. The number of benzene rings is 1. The summed E-state index contributed by atoms with van der Waals surface area (Å²) in [6, 6.07) is 8.56. The highest BCUT2D eigenvalue weighted by Crippen LogP contribution is 2.20. The molecular formula is C15H23N3O. The van der Waals surface area contributed by atoms with Crippen LogP contribution in [-0.4, -0.2) is 27.3 Å². The summed E-state index contributed by atoms with van der Waals surface area (Å²) in [4.78, 5) is 4.69. The number of para-hydroxylation sites is 2. The number of hydrogen-bond acceptors (Lipinski definition) is 3.